The lowest BCUT2D eigenvalue weighted by Crippen LogP contribution is -2.14. The van der Waals surface area contributed by atoms with Gasteiger partial charge in [0.05, 0.1) is 13.2 Å². The number of hydrogen-bond donors (Lipinski definition) is 1. The molecule has 0 aliphatic carbocycles. The van der Waals surface area contributed by atoms with E-state index in [0.29, 0.717) is 12.8 Å². The van der Waals surface area contributed by atoms with Crippen molar-refractivity contribution in [3.8, 4) is 5.75 Å². The minimum Gasteiger partial charge on any atom is -0.496 e. The van der Waals surface area contributed by atoms with E-state index in [-0.39, 0.29) is 0 Å². The SMILES string of the molecule is COc1ccccc1CC(O)Cc1cncc(Br)c1. The number of aromatic nitrogens is 1. The summed E-state index contributed by atoms with van der Waals surface area (Å²) < 4.78 is 6.21. The molecule has 2 rings (SSSR count). The van der Waals surface area contributed by atoms with Gasteiger partial charge in [0.2, 0.25) is 0 Å². The summed E-state index contributed by atoms with van der Waals surface area (Å²) >= 11 is 3.38. The van der Waals surface area contributed by atoms with E-state index >= 15 is 0 Å². The molecule has 1 unspecified atom stereocenters. The molecule has 1 N–H and O–H groups in total. The molecule has 2 aromatic rings. The predicted molar refractivity (Wildman–Crippen MR) is 78.3 cm³/mol. The average molecular weight is 322 g/mol. The average Bonchev–Trinajstić information content (AvgIpc) is 2.39. The number of aliphatic hydroxyl groups is 1. The van der Waals surface area contributed by atoms with E-state index in [1.807, 2.05) is 30.3 Å². The van der Waals surface area contributed by atoms with Gasteiger partial charge in [-0.05, 0) is 39.2 Å². The van der Waals surface area contributed by atoms with Crippen molar-refractivity contribution in [1.29, 1.82) is 0 Å². The second-order valence-corrected chi connectivity index (χ2v) is 5.30. The second-order valence-electron chi connectivity index (χ2n) is 4.39. The highest BCUT2D eigenvalue weighted by Gasteiger charge is 2.10. The van der Waals surface area contributed by atoms with E-state index < -0.39 is 6.10 Å². The van der Waals surface area contributed by atoms with Gasteiger partial charge < -0.3 is 9.84 Å². The monoisotopic (exact) mass is 321 g/mol. The fourth-order valence-corrected chi connectivity index (χ4v) is 2.45. The molecule has 0 aliphatic heterocycles. The Bertz CT molecular complexity index is 545. The van der Waals surface area contributed by atoms with Gasteiger partial charge in [-0.1, -0.05) is 18.2 Å². The summed E-state index contributed by atoms with van der Waals surface area (Å²) in [5, 5.41) is 10.2. The van der Waals surface area contributed by atoms with Gasteiger partial charge in [0.1, 0.15) is 5.75 Å². The number of para-hydroxylation sites is 1. The standard InChI is InChI=1S/C15H16BrNO2/c1-19-15-5-3-2-4-12(15)8-14(18)7-11-6-13(16)10-17-9-11/h2-6,9-10,14,18H,7-8H2,1H3. The summed E-state index contributed by atoms with van der Waals surface area (Å²) in [5.74, 6) is 0.814. The van der Waals surface area contributed by atoms with Crippen LogP contribution in [-0.2, 0) is 12.8 Å². The molecule has 3 nitrogen and oxygen atoms in total. The van der Waals surface area contributed by atoms with E-state index in [1.54, 1.807) is 19.5 Å². The van der Waals surface area contributed by atoms with Gasteiger partial charge in [0.15, 0.2) is 0 Å². The lowest BCUT2D eigenvalue weighted by molar-refractivity contribution is 0.174. The Morgan fingerprint density at radius 2 is 2.05 bits per heavy atom. The molecule has 1 heterocycles. The number of aliphatic hydroxyl groups excluding tert-OH is 1. The molecule has 0 fully saturated rings. The topological polar surface area (TPSA) is 42.4 Å². The van der Waals surface area contributed by atoms with Crippen molar-refractivity contribution in [1.82, 2.24) is 4.98 Å². The van der Waals surface area contributed by atoms with Crippen molar-refractivity contribution < 1.29 is 9.84 Å². The third kappa shape index (κ3) is 4.04. The molecule has 0 spiro atoms. The van der Waals surface area contributed by atoms with Crippen molar-refractivity contribution in [2.75, 3.05) is 7.11 Å². The lowest BCUT2D eigenvalue weighted by atomic mass is 10.0. The van der Waals surface area contributed by atoms with Gasteiger partial charge >= 0.3 is 0 Å². The summed E-state index contributed by atoms with van der Waals surface area (Å²) in [7, 11) is 1.64. The van der Waals surface area contributed by atoms with Gasteiger partial charge in [-0.2, -0.15) is 0 Å². The van der Waals surface area contributed by atoms with Crippen molar-refractivity contribution in [3.05, 3.63) is 58.3 Å². The summed E-state index contributed by atoms with van der Waals surface area (Å²) in [5.41, 5.74) is 2.03. The number of nitrogens with zero attached hydrogens (tertiary/aromatic N) is 1. The Kier molecular flexibility index (Phi) is 4.93. The fourth-order valence-electron chi connectivity index (χ4n) is 2.04. The van der Waals surface area contributed by atoms with Gasteiger partial charge in [-0.15, -0.1) is 0 Å². The zero-order chi connectivity index (χ0) is 13.7. The van der Waals surface area contributed by atoms with Crippen LogP contribution in [0.4, 0.5) is 0 Å². The van der Waals surface area contributed by atoms with Gasteiger partial charge in [0, 0.05) is 29.7 Å². The number of pyridine rings is 1. The summed E-state index contributed by atoms with van der Waals surface area (Å²) in [6.07, 6.45) is 4.19. The number of benzene rings is 1. The van der Waals surface area contributed by atoms with Crippen LogP contribution in [0.2, 0.25) is 0 Å². The first-order chi connectivity index (χ1) is 9.19. The lowest BCUT2D eigenvalue weighted by Gasteiger charge is -2.13. The first-order valence-corrected chi connectivity index (χ1v) is 6.87. The quantitative estimate of drug-likeness (QED) is 0.920. The molecular weight excluding hydrogens is 306 g/mol. The molecule has 0 saturated carbocycles. The molecule has 0 bridgehead atoms. The maximum absolute atomic E-state index is 10.2. The van der Waals surface area contributed by atoms with E-state index in [9.17, 15) is 5.11 Å². The molecule has 0 radical (unpaired) electrons. The normalized spacial score (nSPS) is 12.2. The van der Waals surface area contributed by atoms with E-state index in [0.717, 1.165) is 21.3 Å². The summed E-state index contributed by atoms with van der Waals surface area (Å²) in [4.78, 5) is 4.10. The van der Waals surface area contributed by atoms with Crippen LogP contribution in [0, 0.1) is 0 Å². The highest BCUT2D eigenvalue weighted by atomic mass is 79.9. The zero-order valence-corrected chi connectivity index (χ0v) is 12.3. The highest BCUT2D eigenvalue weighted by molar-refractivity contribution is 9.10. The summed E-state index contributed by atoms with van der Waals surface area (Å²) in [6, 6.07) is 9.72. The van der Waals surface area contributed by atoms with Crippen LogP contribution in [-0.4, -0.2) is 23.3 Å². The molecule has 1 atom stereocenters. The molecule has 100 valence electrons. The Morgan fingerprint density at radius 1 is 1.26 bits per heavy atom. The first kappa shape index (κ1) is 14.0. The van der Waals surface area contributed by atoms with Crippen LogP contribution in [0.15, 0.2) is 47.2 Å². The van der Waals surface area contributed by atoms with Crippen LogP contribution in [0.5, 0.6) is 5.75 Å². The van der Waals surface area contributed by atoms with Crippen molar-refractivity contribution in [2.24, 2.45) is 0 Å². The van der Waals surface area contributed by atoms with Crippen LogP contribution >= 0.6 is 15.9 Å². The molecule has 0 saturated heterocycles. The van der Waals surface area contributed by atoms with E-state index in [1.165, 1.54) is 0 Å². The molecule has 1 aromatic carbocycles. The molecule has 0 aliphatic rings. The molecular formula is C15H16BrNO2. The minimum absolute atomic E-state index is 0.451. The van der Waals surface area contributed by atoms with Gasteiger partial charge in [0.25, 0.3) is 0 Å². The maximum Gasteiger partial charge on any atom is 0.122 e. The molecule has 1 aromatic heterocycles. The zero-order valence-electron chi connectivity index (χ0n) is 10.7. The van der Waals surface area contributed by atoms with Gasteiger partial charge in [-0.25, -0.2) is 0 Å². The fraction of sp³-hybridized carbons (Fsp3) is 0.267. The van der Waals surface area contributed by atoms with Crippen LogP contribution in [0.25, 0.3) is 0 Å². The predicted octanol–water partition coefficient (Wildman–Crippen LogP) is 3.00. The molecule has 19 heavy (non-hydrogen) atoms. The number of ether oxygens (including phenoxy) is 1. The van der Waals surface area contributed by atoms with Crippen LogP contribution < -0.4 is 4.74 Å². The highest BCUT2D eigenvalue weighted by Crippen LogP contribution is 2.20. The number of hydrogen-bond acceptors (Lipinski definition) is 3. The van der Waals surface area contributed by atoms with Crippen LogP contribution in [0.3, 0.4) is 0 Å². The van der Waals surface area contributed by atoms with E-state index in [2.05, 4.69) is 20.9 Å². The van der Waals surface area contributed by atoms with Crippen molar-refractivity contribution in [2.45, 2.75) is 18.9 Å². The number of halogens is 1. The van der Waals surface area contributed by atoms with E-state index in [4.69, 9.17) is 4.74 Å². The second kappa shape index (κ2) is 6.68. The van der Waals surface area contributed by atoms with Crippen molar-refractivity contribution >= 4 is 15.9 Å². The molecule has 0 amide bonds. The maximum atomic E-state index is 10.2. The summed E-state index contributed by atoms with van der Waals surface area (Å²) in [6.45, 7) is 0. The smallest absolute Gasteiger partial charge is 0.122 e. The largest absolute Gasteiger partial charge is 0.496 e. The molecule has 4 heteroatoms. The Hall–Kier alpha value is -1.39. The van der Waals surface area contributed by atoms with Gasteiger partial charge in [-0.3, -0.25) is 4.98 Å². The minimum atomic E-state index is -0.451. The van der Waals surface area contributed by atoms with Crippen LogP contribution in [0.1, 0.15) is 11.1 Å². The number of methoxy groups -OCH3 is 1. The Labute approximate surface area is 121 Å². The van der Waals surface area contributed by atoms with Crippen molar-refractivity contribution in [3.63, 3.8) is 0 Å². The third-order valence-corrected chi connectivity index (χ3v) is 3.31. The Morgan fingerprint density at radius 3 is 2.79 bits per heavy atom. The first-order valence-electron chi connectivity index (χ1n) is 6.08. The number of rotatable bonds is 5. The Balaban J connectivity index is 2.03. The third-order valence-electron chi connectivity index (χ3n) is 2.88.